The number of thiazole rings is 1. The Morgan fingerprint density at radius 1 is 1.41 bits per heavy atom. The van der Waals surface area contributed by atoms with Gasteiger partial charge in [0.2, 0.25) is 0 Å². The first-order valence-electron chi connectivity index (χ1n) is 5.72. The number of benzene rings is 1. The van der Waals surface area contributed by atoms with Crippen molar-refractivity contribution in [2.45, 2.75) is 25.8 Å². The molecule has 0 spiro atoms. The maximum Gasteiger partial charge on any atom is 0.183 e. The summed E-state index contributed by atoms with van der Waals surface area (Å²) < 4.78 is 1.10. The van der Waals surface area contributed by atoms with Crippen LogP contribution in [0.2, 0.25) is 0 Å². The molecule has 17 heavy (non-hydrogen) atoms. The van der Waals surface area contributed by atoms with E-state index < -0.39 is 0 Å². The molecule has 1 N–H and O–H groups in total. The number of anilines is 1. The predicted octanol–water partition coefficient (Wildman–Crippen LogP) is 4.46. The van der Waals surface area contributed by atoms with E-state index in [0.29, 0.717) is 6.04 Å². The van der Waals surface area contributed by atoms with Crippen LogP contribution in [-0.2, 0) is 0 Å². The highest BCUT2D eigenvalue weighted by atomic mass is 79.9. The molecule has 0 unspecified atom stereocenters. The number of hydrogen-bond acceptors (Lipinski definition) is 3. The predicted molar refractivity (Wildman–Crippen MR) is 76.6 cm³/mol. The van der Waals surface area contributed by atoms with Crippen LogP contribution in [0.4, 0.5) is 5.13 Å². The van der Waals surface area contributed by atoms with Gasteiger partial charge in [0.1, 0.15) is 0 Å². The Morgan fingerprint density at radius 2 is 2.24 bits per heavy atom. The summed E-state index contributed by atoms with van der Waals surface area (Å²) in [6.07, 6.45) is 2.57. The third-order valence-electron chi connectivity index (χ3n) is 2.80. The smallest absolute Gasteiger partial charge is 0.183 e. The first-order chi connectivity index (χ1) is 8.22. The zero-order valence-electron chi connectivity index (χ0n) is 9.53. The van der Waals surface area contributed by atoms with Gasteiger partial charge in [-0.2, -0.15) is 0 Å². The standard InChI is InChI=1S/C13H13BrN2S/c1-8-12(9-3-2-4-10(14)7-9)16-13(17-8)15-11-5-6-11/h2-4,7,11H,5-6H2,1H3,(H,15,16). The molecule has 4 heteroatoms. The molecule has 3 rings (SSSR count). The molecular formula is C13H13BrN2S. The largest absolute Gasteiger partial charge is 0.359 e. The van der Waals surface area contributed by atoms with E-state index in [2.05, 4.69) is 45.3 Å². The molecule has 1 aliphatic carbocycles. The second-order valence-corrected chi connectivity index (χ2v) is 6.47. The van der Waals surface area contributed by atoms with Gasteiger partial charge >= 0.3 is 0 Å². The highest BCUT2D eigenvalue weighted by molar-refractivity contribution is 9.10. The van der Waals surface area contributed by atoms with Gasteiger partial charge in [0.05, 0.1) is 5.69 Å². The molecular weight excluding hydrogens is 296 g/mol. The van der Waals surface area contributed by atoms with Crippen LogP contribution in [0.1, 0.15) is 17.7 Å². The molecule has 1 aliphatic rings. The maximum absolute atomic E-state index is 4.69. The van der Waals surface area contributed by atoms with Crippen molar-refractivity contribution in [3.63, 3.8) is 0 Å². The summed E-state index contributed by atoms with van der Waals surface area (Å²) in [6.45, 7) is 2.13. The molecule has 0 amide bonds. The van der Waals surface area contributed by atoms with Crippen LogP contribution in [0, 0.1) is 6.92 Å². The summed E-state index contributed by atoms with van der Waals surface area (Å²) >= 11 is 5.25. The van der Waals surface area contributed by atoms with Crippen LogP contribution in [0.3, 0.4) is 0 Å². The van der Waals surface area contributed by atoms with Crippen molar-refractivity contribution in [2.24, 2.45) is 0 Å². The van der Waals surface area contributed by atoms with Crippen molar-refractivity contribution in [2.75, 3.05) is 5.32 Å². The van der Waals surface area contributed by atoms with E-state index in [4.69, 9.17) is 0 Å². The van der Waals surface area contributed by atoms with Crippen LogP contribution in [0.25, 0.3) is 11.3 Å². The Hall–Kier alpha value is -0.870. The fourth-order valence-electron chi connectivity index (χ4n) is 1.76. The van der Waals surface area contributed by atoms with E-state index >= 15 is 0 Å². The molecule has 1 heterocycles. The Labute approximate surface area is 113 Å². The van der Waals surface area contributed by atoms with Crippen LogP contribution >= 0.6 is 27.3 Å². The van der Waals surface area contributed by atoms with Crippen molar-refractivity contribution in [1.29, 1.82) is 0 Å². The molecule has 0 aliphatic heterocycles. The average molecular weight is 309 g/mol. The number of hydrogen-bond donors (Lipinski definition) is 1. The van der Waals surface area contributed by atoms with Crippen LogP contribution < -0.4 is 5.32 Å². The van der Waals surface area contributed by atoms with E-state index in [1.807, 2.05) is 12.1 Å². The summed E-state index contributed by atoms with van der Waals surface area (Å²) in [7, 11) is 0. The minimum Gasteiger partial charge on any atom is -0.359 e. The molecule has 1 aromatic carbocycles. The molecule has 1 fully saturated rings. The van der Waals surface area contributed by atoms with Gasteiger partial charge in [0, 0.05) is 21.0 Å². The maximum atomic E-state index is 4.69. The molecule has 0 saturated heterocycles. The summed E-state index contributed by atoms with van der Waals surface area (Å²) in [5.41, 5.74) is 2.27. The number of nitrogens with one attached hydrogen (secondary N) is 1. The lowest BCUT2D eigenvalue weighted by molar-refractivity contribution is 1.14. The van der Waals surface area contributed by atoms with Gasteiger partial charge in [-0.1, -0.05) is 28.1 Å². The van der Waals surface area contributed by atoms with E-state index in [-0.39, 0.29) is 0 Å². The highest BCUT2D eigenvalue weighted by Crippen LogP contribution is 2.34. The zero-order chi connectivity index (χ0) is 11.8. The topological polar surface area (TPSA) is 24.9 Å². The lowest BCUT2D eigenvalue weighted by Crippen LogP contribution is -1.99. The minimum atomic E-state index is 0.663. The Bertz CT molecular complexity index is 546. The lowest BCUT2D eigenvalue weighted by atomic mass is 10.1. The quantitative estimate of drug-likeness (QED) is 0.905. The van der Waals surface area contributed by atoms with Crippen molar-refractivity contribution >= 4 is 32.4 Å². The second-order valence-electron chi connectivity index (χ2n) is 4.35. The monoisotopic (exact) mass is 308 g/mol. The van der Waals surface area contributed by atoms with Crippen LogP contribution in [0.15, 0.2) is 28.7 Å². The van der Waals surface area contributed by atoms with E-state index in [1.54, 1.807) is 11.3 Å². The van der Waals surface area contributed by atoms with Gasteiger partial charge in [-0.3, -0.25) is 0 Å². The van der Waals surface area contributed by atoms with Crippen LogP contribution in [-0.4, -0.2) is 11.0 Å². The molecule has 88 valence electrons. The first-order valence-corrected chi connectivity index (χ1v) is 7.33. The second kappa shape index (κ2) is 4.42. The van der Waals surface area contributed by atoms with Gasteiger partial charge in [-0.05, 0) is 31.9 Å². The third-order valence-corrected chi connectivity index (χ3v) is 4.19. The highest BCUT2D eigenvalue weighted by Gasteiger charge is 2.22. The fraction of sp³-hybridized carbons (Fsp3) is 0.308. The van der Waals surface area contributed by atoms with Gasteiger partial charge in [-0.25, -0.2) is 4.98 Å². The van der Waals surface area contributed by atoms with Gasteiger partial charge < -0.3 is 5.32 Å². The number of rotatable bonds is 3. The van der Waals surface area contributed by atoms with Crippen molar-refractivity contribution < 1.29 is 0 Å². The summed E-state index contributed by atoms with van der Waals surface area (Å²) in [5.74, 6) is 0. The SMILES string of the molecule is Cc1sc(NC2CC2)nc1-c1cccc(Br)c1. The molecule has 1 saturated carbocycles. The zero-order valence-corrected chi connectivity index (χ0v) is 11.9. The van der Waals surface area contributed by atoms with Crippen molar-refractivity contribution in [1.82, 2.24) is 4.98 Å². The van der Waals surface area contributed by atoms with Gasteiger partial charge in [0.25, 0.3) is 0 Å². The number of halogens is 1. The minimum absolute atomic E-state index is 0.663. The average Bonchev–Trinajstić information content (AvgIpc) is 3.01. The Kier molecular flexibility index (Phi) is 2.92. The molecule has 0 atom stereocenters. The van der Waals surface area contributed by atoms with Crippen molar-refractivity contribution in [3.8, 4) is 11.3 Å². The number of aryl methyl sites for hydroxylation is 1. The lowest BCUT2D eigenvalue weighted by Gasteiger charge is -1.99. The molecule has 2 aromatic rings. The number of nitrogens with zero attached hydrogens (tertiary/aromatic N) is 1. The third kappa shape index (κ3) is 2.53. The molecule has 0 bridgehead atoms. The fourth-order valence-corrected chi connectivity index (χ4v) is 3.08. The summed E-state index contributed by atoms with van der Waals surface area (Å²) in [6, 6.07) is 8.97. The summed E-state index contributed by atoms with van der Waals surface area (Å²) in [4.78, 5) is 5.96. The number of aromatic nitrogens is 1. The normalized spacial score (nSPS) is 14.9. The first kappa shape index (κ1) is 11.2. The van der Waals surface area contributed by atoms with E-state index in [0.717, 1.165) is 15.3 Å². The molecule has 2 nitrogen and oxygen atoms in total. The van der Waals surface area contributed by atoms with Gasteiger partial charge in [0.15, 0.2) is 5.13 Å². The van der Waals surface area contributed by atoms with E-state index in [9.17, 15) is 0 Å². The van der Waals surface area contributed by atoms with Crippen molar-refractivity contribution in [3.05, 3.63) is 33.6 Å². The Morgan fingerprint density at radius 3 is 2.94 bits per heavy atom. The van der Waals surface area contributed by atoms with Crippen LogP contribution in [0.5, 0.6) is 0 Å². The van der Waals surface area contributed by atoms with Gasteiger partial charge in [-0.15, -0.1) is 11.3 Å². The molecule has 1 aromatic heterocycles. The Balaban J connectivity index is 1.93. The van der Waals surface area contributed by atoms with E-state index in [1.165, 1.54) is 23.3 Å². The molecule has 0 radical (unpaired) electrons. The summed E-state index contributed by atoms with van der Waals surface area (Å²) in [5, 5.41) is 4.51.